The Hall–Kier alpha value is -1.02. The maximum atomic E-state index is 6.16. The van der Waals surface area contributed by atoms with Gasteiger partial charge in [0.1, 0.15) is 11.9 Å². The third-order valence-electron chi connectivity index (χ3n) is 4.07. The SMILES string of the molecule is CCCNC(CCCC(C)C)C1Cc2ccccc2O1. The molecule has 1 aliphatic heterocycles. The molecule has 1 aromatic rings. The summed E-state index contributed by atoms with van der Waals surface area (Å²) in [7, 11) is 0. The first-order chi connectivity index (χ1) is 9.70. The van der Waals surface area contributed by atoms with Gasteiger partial charge in [-0.3, -0.25) is 0 Å². The van der Waals surface area contributed by atoms with Gasteiger partial charge in [0.25, 0.3) is 0 Å². The third-order valence-corrected chi connectivity index (χ3v) is 4.07. The number of ether oxygens (including phenoxy) is 1. The summed E-state index contributed by atoms with van der Waals surface area (Å²) in [5.74, 6) is 1.88. The zero-order valence-corrected chi connectivity index (χ0v) is 13.2. The Bertz CT molecular complexity index is 377. The van der Waals surface area contributed by atoms with Crippen molar-refractivity contribution in [2.45, 2.75) is 65.0 Å². The molecule has 1 aromatic carbocycles. The lowest BCUT2D eigenvalue weighted by molar-refractivity contribution is 0.169. The minimum Gasteiger partial charge on any atom is -0.488 e. The van der Waals surface area contributed by atoms with Crippen LogP contribution in [0.15, 0.2) is 24.3 Å². The Balaban J connectivity index is 1.90. The van der Waals surface area contributed by atoms with Crippen LogP contribution in [-0.2, 0) is 6.42 Å². The van der Waals surface area contributed by atoms with Crippen LogP contribution in [0.3, 0.4) is 0 Å². The number of hydrogen-bond acceptors (Lipinski definition) is 2. The molecule has 0 saturated carbocycles. The largest absolute Gasteiger partial charge is 0.488 e. The zero-order chi connectivity index (χ0) is 14.4. The third kappa shape index (κ3) is 4.24. The fourth-order valence-electron chi connectivity index (χ4n) is 2.93. The van der Waals surface area contributed by atoms with E-state index in [0.29, 0.717) is 12.1 Å². The van der Waals surface area contributed by atoms with E-state index in [-0.39, 0.29) is 0 Å². The van der Waals surface area contributed by atoms with Crippen molar-refractivity contribution in [3.63, 3.8) is 0 Å². The summed E-state index contributed by atoms with van der Waals surface area (Å²) in [6, 6.07) is 8.95. The highest BCUT2D eigenvalue weighted by Crippen LogP contribution is 2.30. The number of fused-ring (bicyclic) bond motifs is 1. The quantitative estimate of drug-likeness (QED) is 0.768. The molecule has 2 rings (SSSR count). The van der Waals surface area contributed by atoms with Gasteiger partial charge >= 0.3 is 0 Å². The van der Waals surface area contributed by atoms with Gasteiger partial charge in [-0.25, -0.2) is 0 Å². The topological polar surface area (TPSA) is 21.3 Å². The number of para-hydroxylation sites is 1. The van der Waals surface area contributed by atoms with Gasteiger partial charge in [0, 0.05) is 12.5 Å². The highest BCUT2D eigenvalue weighted by Gasteiger charge is 2.29. The summed E-state index contributed by atoms with van der Waals surface area (Å²) in [5, 5.41) is 3.69. The molecule has 0 fully saturated rings. The molecule has 2 heteroatoms. The van der Waals surface area contributed by atoms with E-state index in [4.69, 9.17) is 4.74 Å². The first-order valence-corrected chi connectivity index (χ1v) is 8.18. The molecular formula is C18H29NO. The number of nitrogens with one attached hydrogen (secondary N) is 1. The molecule has 112 valence electrons. The van der Waals surface area contributed by atoms with Crippen LogP contribution >= 0.6 is 0 Å². The van der Waals surface area contributed by atoms with Crippen LogP contribution in [-0.4, -0.2) is 18.7 Å². The number of hydrogen-bond donors (Lipinski definition) is 1. The van der Waals surface area contributed by atoms with E-state index in [1.165, 1.54) is 31.2 Å². The van der Waals surface area contributed by atoms with Gasteiger partial charge < -0.3 is 10.1 Å². The molecule has 2 unspecified atom stereocenters. The van der Waals surface area contributed by atoms with E-state index in [1.54, 1.807) is 0 Å². The predicted octanol–water partition coefficient (Wildman–Crippen LogP) is 4.18. The highest BCUT2D eigenvalue weighted by molar-refractivity contribution is 5.37. The monoisotopic (exact) mass is 275 g/mol. The molecule has 1 N–H and O–H groups in total. The summed E-state index contributed by atoms with van der Waals surface area (Å²) in [4.78, 5) is 0. The average Bonchev–Trinajstić information content (AvgIpc) is 2.85. The van der Waals surface area contributed by atoms with Gasteiger partial charge in [0.05, 0.1) is 0 Å². The van der Waals surface area contributed by atoms with Crippen molar-refractivity contribution in [2.75, 3.05) is 6.54 Å². The lowest BCUT2D eigenvalue weighted by Crippen LogP contribution is -2.42. The molecule has 20 heavy (non-hydrogen) atoms. The minimum atomic E-state index is 0.311. The predicted molar refractivity (Wildman–Crippen MR) is 85.3 cm³/mol. The fourth-order valence-corrected chi connectivity index (χ4v) is 2.93. The molecule has 0 radical (unpaired) electrons. The molecule has 1 heterocycles. The molecule has 2 nitrogen and oxygen atoms in total. The first-order valence-electron chi connectivity index (χ1n) is 8.18. The number of benzene rings is 1. The molecule has 0 aliphatic carbocycles. The van der Waals surface area contributed by atoms with Gasteiger partial charge in [-0.15, -0.1) is 0 Å². The Morgan fingerprint density at radius 3 is 2.75 bits per heavy atom. The molecule has 0 saturated heterocycles. The van der Waals surface area contributed by atoms with E-state index in [1.807, 2.05) is 0 Å². The van der Waals surface area contributed by atoms with Crippen LogP contribution in [0, 0.1) is 5.92 Å². The van der Waals surface area contributed by atoms with Crippen molar-refractivity contribution < 1.29 is 4.74 Å². The summed E-state index contributed by atoms with van der Waals surface area (Å²) >= 11 is 0. The van der Waals surface area contributed by atoms with Gasteiger partial charge in [0.2, 0.25) is 0 Å². The van der Waals surface area contributed by atoms with E-state index in [2.05, 4.69) is 50.4 Å². The van der Waals surface area contributed by atoms with Gasteiger partial charge in [-0.1, -0.05) is 51.8 Å². The van der Waals surface area contributed by atoms with E-state index in [9.17, 15) is 0 Å². The van der Waals surface area contributed by atoms with Crippen molar-refractivity contribution in [2.24, 2.45) is 5.92 Å². The minimum absolute atomic E-state index is 0.311. The van der Waals surface area contributed by atoms with Gasteiger partial charge in [-0.2, -0.15) is 0 Å². The van der Waals surface area contributed by atoms with Crippen molar-refractivity contribution >= 4 is 0 Å². The molecule has 0 spiro atoms. The Morgan fingerprint density at radius 1 is 1.25 bits per heavy atom. The lowest BCUT2D eigenvalue weighted by atomic mass is 9.97. The van der Waals surface area contributed by atoms with Gasteiger partial charge in [0.15, 0.2) is 0 Å². The summed E-state index contributed by atoms with van der Waals surface area (Å²) in [5.41, 5.74) is 1.37. The first kappa shape index (κ1) is 15.4. The zero-order valence-electron chi connectivity index (χ0n) is 13.2. The van der Waals surface area contributed by atoms with Crippen molar-refractivity contribution in [3.8, 4) is 5.75 Å². The standard InChI is InChI=1S/C18H29NO/c1-4-12-19-16(10-7-8-14(2)3)18-13-15-9-5-6-11-17(15)20-18/h5-6,9,11,14,16,18-19H,4,7-8,10,12-13H2,1-3H3. The van der Waals surface area contributed by atoms with Crippen LogP contribution in [0.2, 0.25) is 0 Å². The molecule has 0 aromatic heterocycles. The average molecular weight is 275 g/mol. The molecule has 1 aliphatic rings. The molecule has 0 bridgehead atoms. The maximum Gasteiger partial charge on any atom is 0.123 e. The Labute approximate surface area is 123 Å². The second-order valence-electron chi connectivity index (χ2n) is 6.35. The van der Waals surface area contributed by atoms with Crippen molar-refractivity contribution in [1.29, 1.82) is 0 Å². The second-order valence-corrected chi connectivity index (χ2v) is 6.35. The van der Waals surface area contributed by atoms with E-state index >= 15 is 0 Å². The fraction of sp³-hybridized carbons (Fsp3) is 0.667. The smallest absolute Gasteiger partial charge is 0.123 e. The maximum absolute atomic E-state index is 6.16. The highest BCUT2D eigenvalue weighted by atomic mass is 16.5. The number of rotatable bonds is 8. The van der Waals surface area contributed by atoms with Crippen molar-refractivity contribution in [3.05, 3.63) is 29.8 Å². The van der Waals surface area contributed by atoms with Crippen molar-refractivity contribution in [1.82, 2.24) is 5.32 Å². The van der Waals surface area contributed by atoms with Crippen LogP contribution in [0.5, 0.6) is 5.75 Å². The Morgan fingerprint density at radius 2 is 2.05 bits per heavy atom. The molecule has 2 atom stereocenters. The molecule has 0 amide bonds. The normalized spacial score (nSPS) is 18.9. The summed E-state index contributed by atoms with van der Waals surface area (Å²) < 4.78 is 6.16. The van der Waals surface area contributed by atoms with Gasteiger partial charge in [-0.05, 0) is 36.9 Å². The summed E-state index contributed by atoms with van der Waals surface area (Å²) in [6.07, 6.45) is 6.36. The van der Waals surface area contributed by atoms with Crippen LogP contribution in [0.4, 0.5) is 0 Å². The van der Waals surface area contributed by atoms with Crippen LogP contribution in [0.25, 0.3) is 0 Å². The van der Waals surface area contributed by atoms with Crippen LogP contribution in [0.1, 0.15) is 52.0 Å². The summed E-state index contributed by atoms with van der Waals surface area (Å²) in [6.45, 7) is 7.91. The van der Waals surface area contributed by atoms with Crippen LogP contribution < -0.4 is 10.1 Å². The molecular weight excluding hydrogens is 246 g/mol. The Kier molecular flexibility index (Phi) is 5.90. The second kappa shape index (κ2) is 7.68. The lowest BCUT2D eigenvalue weighted by Gasteiger charge is -2.25. The van der Waals surface area contributed by atoms with E-state index in [0.717, 1.165) is 24.6 Å². The van der Waals surface area contributed by atoms with E-state index < -0.39 is 0 Å².